The fourth-order valence-corrected chi connectivity index (χ4v) is 10.6. The van der Waals surface area contributed by atoms with Crippen molar-refractivity contribution in [3.8, 4) is 0 Å². The molecule has 3 aliphatic heterocycles. The standard InChI is InChI=1S/C35H44N6O3S3/c1-3-41-30(47-32(33(41)43)34-39(2)26-15-6-7-16-27(26)46-34)22-24-14-10-13-21-40(24)20-12-5-4-11-19-36-29(42)18-9-8-17-28-31-25(23-45-28)37-35(44)38-31/h6-7,10,13-16,21-22,25,28,31H,3-5,8-9,11-12,17-20,23H2,1-2H3,(H2-,36,37,38,42,44)/p+1/b34-32+/t25-,28-,31-/m0/s1. The Morgan fingerprint density at radius 3 is 2.72 bits per heavy atom. The summed E-state index contributed by atoms with van der Waals surface area (Å²) in [6.07, 6.45) is 12.0. The molecule has 3 atom stereocenters. The van der Waals surface area contributed by atoms with Crippen molar-refractivity contribution < 1.29 is 14.2 Å². The van der Waals surface area contributed by atoms with Gasteiger partial charge in [0.05, 0.1) is 17.8 Å². The number of rotatable bonds is 14. The number of carbonyl (C=O) groups is 2. The largest absolute Gasteiger partial charge is 0.356 e. The highest BCUT2D eigenvalue weighted by atomic mass is 32.2. The van der Waals surface area contributed by atoms with Crippen molar-refractivity contribution >= 4 is 63.6 Å². The van der Waals surface area contributed by atoms with Crippen molar-refractivity contribution in [1.82, 2.24) is 20.5 Å². The minimum absolute atomic E-state index is 0.0439. The highest BCUT2D eigenvalue weighted by Gasteiger charge is 2.42. The van der Waals surface area contributed by atoms with Crippen molar-refractivity contribution in [2.75, 3.05) is 24.2 Å². The summed E-state index contributed by atoms with van der Waals surface area (Å²) in [7, 11) is 2.04. The fourth-order valence-electron chi connectivity index (χ4n) is 6.57. The minimum atomic E-state index is -0.0439. The predicted molar refractivity (Wildman–Crippen MR) is 193 cm³/mol. The van der Waals surface area contributed by atoms with Gasteiger partial charge in [-0.2, -0.15) is 16.3 Å². The Morgan fingerprint density at radius 2 is 1.87 bits per heavy atom. The zero-order valence-corrected chi connectivity index (χ0v) is 29.7. The number of unbranched alkanes of at least 4 members (excludes halogenated alkanes) is 4. The number of urea groups is 1. The second-order valence-corrected chi connectivity index (χ2v) is 15.7. The summed E-state index contributed by atoms with van der Waals surface area (Å²) in [5, 5.41) is 10.6. The highest BCUT2D eigenvalue weighted by Crippen LogP contribution is 2.45. The first kappa shape index (κ1) is 33.7. The van der Waals surface area contributed by atoms with Crippen LogP contribution in [0.4, 0.5) is 10.5 Å². The third kappa shape index (κ3) is 7.92. The summed E-state index contributed by atoms with van der Waals surface area (Å²) in [4.78, 5) is 40.7. The molecule has 0 spiro atoms. The molecule has 12 heteroatoms. The zero-order chi connectivity index (χ0) is 32.8. The second kappa shape index (κ2) is 15.8. The molecule has 3 aromatic rings. The Morgan fingerprint density at radius 1 is 1.04 bits per heavy atom. The lowest BCUT2D eigenvalue weighted by Gasteiger charge is -2.16. The van der Waals surface area contributed by atoms with E-state index in [4.69, 9.17) is 0 Å². The van der Waals surface area contributed by atoms with Gasteiger partial charge in [0.25, 0.3) is 5.56 Å². The molecular weight excluding hydrogens is 649 g/mol. The molecule has 2 aromatic heterocycles. The van der Waals surface area contributed by atoms with Crippen molar-refractivity contribution in [2.24, 2.45) is 0 Å². The van der Waals surface area contributed by atoms with E-state index < -0.39 is 0 Å². The summed E-state index contributed by atoms with van der Waals surface area (Å²) in [5.74, 6) is 1.12. The number of aromatic nitrogens is 2. The Bertz CT molecular complexity index is 1770. The number of benzene rings is 1. The number of fused-ring (bicyclic) bond motifs is 2. The van der Waals surface area contributed by atoms with E-state index in [0.717, 1.165) is 89.4 Å². The molecule has 250 valence electrons. The molecule has 6 rings (SSSR count). The molecular formula is C35H45N6O3S3+. The number of hydrogen-bond acceptors (Lipinski definition) is 7. The van der Waals surface area contributed by atoms with Crippen molar-refractivity contribution in [2.45, 2.75) is 93.6 Å². The molecule has 0 saturated carbocycles. The van der Waals surface area contributed by atoms with Crippen LogP contribution in [0.15, 0.2) is 58.4 Å². The zero-order valence-electron chi connectivity index (χ0n) is 27.2. The lowest BCUT2D eigenvalue weighted by atomic mass is 10.0. The number of aryl methyl sites for hydroxylation is 1. The van der Waals surface area contributed by atoms with Crippen LogP contribution in [-0.4, -0.2) is 53.2 Å². The Labute approximate surface area is 288 Å². The first-order valence-corrected chi connectivity index (χ1v) is 19.5. The van der Waals surface area contributed by atoms with Crippen molar-refractivity contribution in [1.29, 1.82) is 0 Å². The average molecular weight is 694 g/mol. The third-order valence-corrected chi connectivity index (χ3v) is 13.1. The molecule has 2 fully saturated rings. The molecule has 3 N–H and O–H groups in total. The summed E-state index contributed by atoms with van der Waals surface area (Å²) in [5.41, 5.74) is 2.30. The molecule has 0 radical (unpaired) electrons. The van der Waals surface area contributed by atoms with Crippen LogP contribution in [0.3, 0.4) is 0 Å². The second-order valence-electron chi connectivity index (χ2n) is 12.3. The number of pyridine rings is 1. The van der Waals surface area contributed by atoms with Gasteiger partial charge >= 0.3 is 6.03 Å². The number of nitrogens with zero attached hydrogens (tertiary/aromatic N) is 3. The molecule has 0 aliphatic carbocycles. The number of carbonyl (C=O) groups excluding carboxylic acids is 2. The maximum Gasteiger partial charge on any atom is 0.315 e. The molecule has 9 nitrogen and oxygen atoms in total. The summed E-state index contributed by atoms with van der Waals surface area (Å²) >= 11 is 5.17. The van der Waals surface area contributed by atoms with E-state index in [-0.39, 0.29) is 29.6 Å². The number of anilines is 1. The predicted octanol–water partition coefficient (Wildman–Crippen LogP) is 3.76. The number of nitrogens with one attached hydrogen (secondary N) is 3. The van der Waals surface area contributed by atoms with Crippen LogP contribution in [0.25, 0.3) is 11.1 Å². The first-order valence-electron chi connectivity index (χ1n) is 16.8. The Hall–Kier alpha value is -3.22. The molecule has 3 amide bonds. The normalized spacial score (nSPS) is 21.5. The summed E-state index contributed by atoms with van der Waals surface area (Å²) in [6, 6.07) is 15.0. The molecule has 0 bridgehead atoms. The summed E-state index contributed by atoms with van der Waals surface area (Å²) in [6.45, 7) is 4.28. The lowest BCUT2D eigenvalue weighted by molar-refractivity contribution is -0.699. The first-order chi connectivity index (χ1) is 22.9. The van der Waals surface area contributed by atoms with Gasteiger partial charge in [-0.15, -0.1) is 11.3 Å². The molecule has 1 aromatic carbocycles. The van der Waals surface area contributed by atoms with Crippen LogP contribution in [-0.2, 0) is 17.9 Å². The van der Waals surface area contributed by atoms with Gasteiger partial charge in [-0.05, 0) is 50.8 Å². The topological polar surface area (TPSA) is 99.3 Å². The average Bonchev–Trinajstić information content (AvgIpc) is 3.81. The highest BCUT2D eigenvalue weighted by molar-refractivity contribution is 8.08. The molecule has 2 saturated heterocycles. The molecule has 3 aliphatic rings. The van der Waals surface area contributed by atoms with Gasteiger partial charge in [0, 0.05) is 67.1 Å². The molecule has 5 heterocycles. The van der Waals surface area contributed by atoms with Gasteiger partial charge in [-0.25, -0.2) is 4.79 Å². The number of amides is 3. The molecule has 47 heavy (non-hydrogen) atoms. The van der Waals surface area contributed by atoms with E-state index in [1.807, 2.05) is 42.4 Å². The van der Waals surface area contributed by atoms with Crippen LogP contribution in [0.1, 0.15) is 64.0 Å². The van der Waals surface area contributed by atoms with Gasteiger partial charge in [0.15, 0.2) is 6.20 Å². The Kier molecular flexibility index (Phi) is 11.3. The smallest absolute Gasteiger partial charge is 0.315 e. The molecule has 0 unspecified atom stereocenters. The number of para-hydroxylation sites is 1. The van der Waals surface area contributed by atoms with Crippen LogP contribution in [0.2, 0.25) is 0 Å². The van der Waals surface area contributed by atoms with Gasteiger partial charge in [-0.1, -0.05) is 36.7 Å². The lowest BCUT2D eigenvalue weighted by Crippen LogP contribution is -2.38. The van der Waals surface area contributed by atoms with Crippen LogP contribution < -0.4 is 40.2 Å². The summed E-state index contributed by atoms with van der Waals surface area (Å²) < 4.78 is 5.90. The SMILES string of the molecule is CCn1c(=O)/c(=C2\Sc3ccccc3N2C)s/c1=C\c1cccc[n+]1CCCCCCNC(=O)CCCC[C@@H]1SC[C@@H]2NC(=O)N[C@@H]21. The van der Waals surface area contributed by atoms with E-state index in [1.54, 1.807) is 23.1 Å². The minimum Gasteiger partial charge on any atom is -0.356 e. The monoisotopic (exact) mass is 693 g/mol. The van der Waals surface area contributed by atoms with Gasteiger partial charge in [0.1, 0.15) is 20.8 Å². The van der Waals surface area contributed by atoms with Crippen LogP contribution >= 0.6 is 34.9 Å². The number of thioether (sulfide) groups is 2. The maximum atomic E-state index is 13.5. The van der Waals surface area contributed by atoms with Gasteiger partial charge in [-0.3, -0.25) is 14.2 Å². The van der Waals surface area contributed by atoms with Crippen LogP contribution in [0.5, 0.6) is 0 Å². The van der Waals surface area contributed by atoms with E-state index in [9.17, 15) is 14.4 Å². The number of thiazole rings is 1. The maximum absolute atomic E-state index is 13.5. The van der Waals surface area contributed by atoms with Gasteiger partial charge in [0.2, 0.25) is 11.6 Å². The van der Waals surface area contributed by atoms with Crippen molar-refractivity contribution in [3.63, 3.8) is 0 Å². The van der Waals surface area contributed by atoms with Crippen LogP contribution in [0, 0.1) is 0 Å². The fraction of sp³-hybridized carbons (Fsp3) is 0.486. The van der Waals surface area contributed by atoms with Crippen molar-refractivity contribution in [3.05, 3.63) is 73.9 Å². The third-order valence-electron chi connectivity index (χ3n) is 9.14. The van der Waals surface area contributed by atoms with E-state index in [0.29, 0.717) is 18.2 Å². The van der Waals surface area contributed by atoms with Gasteiger partial charge < -0.3 is 20.9 Å². The Balaban J connectivity index is 0.945. The van der Waals surface area contributed by atoms with E-state index in [1.165, 1.54) is 4.90 Å². The number of hydrogen-bond donors (Lipinski definition) is 3. The van der Waals surface area contributed by atoms with E-state index >= 15 is 0 Å². The van der Waals surface area contributed by atoms with E-state index in [2.05, 4.69) is 68.0 Å². The quantitative estimate of drug-likeness (QED) is 0.135.